The molecule has 198 valence electrons. The summed E-state index contributed by atoms with van der Waals surface area (Å²) in [5.41, 5.74) is 5.17. The number of likely N-dealkylation sites (tertiary alicyclic amines) is 1. The Kier molecular flexibility index (Phi) is 8.53. The fourth-order valence-corrected chi connectivity index (χ4v) is 4.84. The first-order chi connectivity index (χ1) is 18.7. The van der Waals surface area contributed by atoms with E-state index in [0.29, 0.717) is 45.9 Å². The Hall–Kier alpha value is -3.88. The van der Waals surface area contributed by atoms with Crippen molar-refractivity contribution in [3.63, 3.8) is 0 Å². The summed E-state index contributed by atoms with van der Waals surface area (Å²) in [4.78, 5) is 20.5. The first-order valence-corrected chi connectivity index (χ1v) is 13.0. The summed E-state index contributed by atoms with van der Waals surface area (Å²) >= 11 is 0. The summed E-state index contributed by atoms with van der Waals surface area (Å²) in [6.45, 7) is 3.06. The molecule has 3 aromatic carbocycles. The van der Waals surface area contributed by atoms with Crippen LogP contribution in [0.25, 0.3) is 11.0 Å². The highest BCUT2D eigenvalue weighted by molar-refractivity contribution is 5.75. The Labute approximate surface area is 222 Å². The summed E-state index contributed by atoms with van der Waals surface area (Å²) in [6.07, 6.45) is 2.03. The molecule has 1 aliphatic heterocycles. The van der Waals surface area contributed by atoms with Gasteiger partial charge in [0.15, 0.2) is 0 Å². The zero-order chi connectivity index (χ0) is 26.2. The minimum absolute atomic E-state index is 0.0990. The fourth-order valence-electron chi connectivity index (χ4n) is 4.84. The molecule has 4 aromatic rings. The molecule has 1 aliphatic rings. The van der Waals surface area contributed by atoms with Gasteiger partial charge in [0, 0.05) is 18.9 Å². The predicted octanol–water partition coefficient (Wildman–Crippen LogP) is 5.60. The lowest BCUT2D eigenvalue weighted by molar-refractivity contribution is -0.0199. The van der Waals surface area contributed by atoms with Crippen LogP contribution in [0.1, 0.15) is 35.4 Å². The van der Waals surface area contributed by atoms with Crippen molar-refractivity contribution >= 4 is 17.1 Å². The van der Waals surface area contributed by atoms with Crippen LogP contribution < -0.4 is 4.74 Å². The number of hydrogen-bond donors (Lipinski definition) is 2. The van der Waals surface area contributed by atoms with Gasteiger partial charge in [0.25, 0.3) is 0 Å². The lowest BCUT2D eigenvalue weighted by Gasteiger charge is -2.37. The van der Waals surface area contributed by atoms with Crippen molar-refractivity contribution in [2.75, 3.05) is 26.3 Å². The van der Waals surface area contributed by atoms with Crippen molar-refractivity contribution in [1.82, 2.24) is 14.9 Å². The Morgan fingerprint density at radius 1 is 1.00 bits per heavy atom. The summed E-state index contributed by atoms with van der Waals surface area (Å²) in [6, 6.07) is 24.2. The van der Waals surface area contributed by atoms with Crippen molar-refractivity contribution in [3.05, 3.63) is 95.8 Å². The number of hydrogen-bond acceptors (Lipinski definition) is 5. The number of H-pyrrole nitrogens is 1. The summed E-state index contributed by atoms with van der Waals surface area (Å²) in [7, 11) is 0. The average molecular weight is 516 g/mol. The first-order valence-electron chi connectivity index (χ1n) is 13.0. The topological polar surface area (TPSA) is 96.9 Å². The number of piperidine rings is 1. The quantitative estimate of drug-likeness (QED) is 0.252. The average Bonchev–Trinajstić information content (AvgIpc) is 3.43. The number of carboxylic acid groups (broad SMARTS) is 1. The van der Waals surface area contributed by atoms with E-state index in [0.717, 1.165) is 34.3 Å². The molecule has 0 bridgehead atoms. The summed E-state index contributed by atoms with van der Waals surface area (Å²) < 4.78 is 17.9. The van der Waals surface area contributed by atoms with Gasteiger partial charge in [-0.15, -0.1) is 0 Å². The number of carbonyl (C=O) groups is 1. The van der Waals surface area contributed by atoms with Gasteiger partial charge in [-0.3, -0.25) is 0 Å². The van der Waals surface area contributed by atoms with Crippen LogP contribution >= 0.6 is 0 Å². The van der Waals surface area contributed by atoms with Crippen LogP contribution in [-0.4, -0.2) is 58.5 Å². The minimum Gasteiger partial charge on any atom is -0.494 e. The highest BCUT2D eigenvalue weighted by atomic mass is 16.5. The molecule has 38 heavy (non-hydrogen) atoms. The van der Waals surface area contributed by atoms with E-state index in [4.69, 9.17) is 14.2 Å². The molecule has 8 nitrogen and oxygen atoms in total. The van der Waals surface area contributed by atoms with E-state index >= 15 is 0 Å². The van der Waals surface area contributed by atoms with E-state index in [9.17, 15) is 9.90 Å². The van der Waals surface area contributed by atoms with E-state index < -0.39 is 6.09 Å². The molecule has 2 unspecified atom stereocenters. The largest absolute Gasteiger partial charge is 0.494 e. The molecule has 0 aliphatic carbocycles. The van der Waals surface area contributed by atoms with Crippen molar-refractivity contribution < 1.29 is 24.1 Å². The lowest BCUT2D eigenvalue weighted by atomic mass is 9.87. The van der Waals surface area contributed by atoms with Gasteiger partial charge < -0.3 is 29.2 Å². The predicted molar refractivity (Wildman–Crippen MR) is 144 cm³/mol. The maximum Gasteiger partial charge on any atom is 0.407 e. The van der Waals surface area contributed by atoms with E-state index in [1.807, 2.05) is 48.5 Å². The molecule has 8 heteroatoms. The minimum atomic E-state index is -0.910. The Balaban J connectivity index is 1.13. The smallest absolute Gasteiger partial charge is 0.407 e. The van der Waals surface area contributed by atoms with Gasteiger partial charge in [-0.05, 0) is 47.4 Å². The third-order valence-corrected chi connectivity index (χ3v) is 6.90. The number of fused-ring (bicyclic) bond motifs is 1. The number of amides is 1. The second kappa shape index (κ2) is 12.6. The molecule has 1 saturated heterocycles. The number of nitrogens with zero attached hydrogens (tertiary/aromatic N) is 2. The van der Waals surface area contributed by atoms with Crippen LogP contribution in [0.4, 0.5) is 4.79 Å². The standard InChI is InChI=1S/C30H33N3O5/c34-30(35)33-14-13-26(29(18-33)38-20-23-7-12-27-28(17-23)32-21-31-27)24-8-10-25(11-9-24)37-16-4-15-36-19-22-5-2-1-3-6-22/h1-3,5-12,17,21,26,29H,4,13-16,18-20H2,(H,31,32)(H,34,35). The van der Waals surface area contributed by atoms with Gasteiger partial charge in [0.1, 0.15) is 5.75 Å². The number of rotatable bonds is 11. The summed E-state index contributed by atoms with van der Waals surface area (Å²) in [5, 5.41) is 9.56. The number of nitrogens with one attached hydrogen (secondary N) is 1. The van der Waals surface area contributed by atoms with Crippen LogP contribution in [0, 0.1) is 0 Å². The van der Waals surface area contributed by atoms with E-state index in [1.165, 1.54) is 10.5 Å². The van der Waals surface area contributed by atoms with Gasteiger partial charge >= 0.3 is 6.09 Å². The van der Waals surface area contributed by atoms with E-state index in [2.05, 4.69) is 34.2 Å². The molecule has 0 radical (unpaired) electrons. The molecule has 5 rings (SSSR count). The van der Waals surface area contributed by atoms with Crippen LogP contribution in [0.3, 0.4) is 0 Å². The van der Waals surface area contributed by atoms with E-state index in [1.54, 1.807) is 6.33 Å². The number of ether oxygens (including phenoxy) is 3. The molecule has 0 spiro atoms. The van der Waals surface area contributed by atoms with Gasteiger partial charge in [-0.25, -0.2) is 9.78 Å². The third kappa shape index (κ3) is 6.70. The number of benzene rings is 3. The Morgan fingerprint density at radius 2 is 1.84 bits per heavy atom. The zero-order valence-electron chi connectivity index (χ0n) is 21.3. The van der Waals surface area contributed by atoms with Gasteiger partial charge in [-0.2, -0.15) is 0 Å². The monoisotopic (exact) mass is 515 g/mol. The molecular weight excluding hydrogens is 482 g/mol. The highest BCUT2D eigenvalue weighted by Crippen LogP contribution is 2.32. The Morgan fingerprint density at radius 3 is 2.66 bits per heavy atom. The molecule has 1 aromatic heterocycles. The molecule has 1 amide bonds. The van der Waals surface area contributed by atoms with Crippen molar-refractivity contribution in [2.45, 2.75) is 38.1 Å². The maximum atomic E-state index is 11.7. The van der Waals surface area contributed by atoms with Gasteiger partial charge in [-0.1, -0.05) is 48.5 Å². The number of aromatic amines is 1. The second-order valence-corrected chi connectivity index (χ2v) is 9.54. The van der Waals surface area contributed by atoms with Gasteiger partial charge in [0.2, 0.25) is 0 Å². The van der Waals surface area contributed by atoms with Crippen LogP contribution in [0.15, 0.2) is 79.1 Å². The Bertz CT molecular complexity index is 1310. The molecule has 1 fully saturated rings. The highest BCUT2D eigenvalue weighted by Gasteiger charge is 2.33. The fraction of sp³-hybridized carbons (Fsp3) is 0.333. The number of imidazole rings is 1. The SMILES string of the molecule is O=C(O)N1CCC(c2ccc(OCCCOCc3ccccc3)cc2)C(OCc2ccc3nc[nH]c3c2)C1. The van der Waals surface area contributed by atoms with Gasteiger partial charge in [0.05, 0.1) is 56.4 Å². The first kappa shape index (κ1) is 25.8. The normalized spacial score (nSPS) is 17.5. The van der Waals surface area contributed by atoms with Crippen LogP contribution in [0.5, 0.6) is 5.75 Å². The molecule has 0 saturated carbocycles. The van der Waals surface area contributed by atoms with Crippen molar-refractivity contribution in [2.24, 2.45) is 0 Å². The zero-order valence-corrected chi connectivity index (χ0v) is 21.3. The maximum absolute atomic E-state index is 11.7. The molecule has 2 N–H and O–H groups in total. The van der Waals surface area contributed by atoms with Crippen molar-refractivity contribution in [1.29, 1.82) is 0 Å². The third-order valence-electron chi connectivity index (χ3n) is 6.90. The van der Waals surface area contributed by atoms with E-state index in [-0.39, 0.29) is 12.0 Å². The van der Waals surface area contributed by atoms with Crippen molar-refractivity contribution in [3.8, 4) is 5.75 Å². The molecule has 2 atom stereocenters. The van der Waals surface area contributed by atoms with Crippen LogP contribution in [0.2, 0.25) is 0 Å². The number of aromatic nitrogens is 2. The summed E-state index contributed by atoms with van der Waals surface area (Å²) in [5.74, 6) is 0.909. The lowest BCUT2D eigenvalue weighted by Crippen LogP contribution is -2.46. The molecular formula is C30H33N3O5. The molecule has 2 heterocycles. The van der Waals surface area contributed by atoms with Crippen LogP contribution in [-0.2, 0) is 22.7 Å². The second-order valence-electron chi connectivity index (χ2n) is 9.54.